The van der Waals surface area contributed by atoms with Crippen molar-refractivity contribution in [1.29, 1.82) is 0 Å². The summed E-state index contributed by atoms with van der Waals surface area (Å²) in [5.41, 5.74) is 2.47. The molecule has 1 aromatic heterocycles. The highest BCUT2D eigenvalue weighted by Crippen LogP contribution is 2.38. The standard InChI is InChI=1S/C22H26N2O3/c1-3-22-11-7-13-23(15-22)20(25)14-17-16-8-5-6-9-18(16)24(19(17)10-12-22)21(26)27-4-2/h5-6,8-10,12H,3-4,7,11,13-15H2,1-2H3/b12-10-. The Hall–Kier alpha value is -2.56. The molecule has 142 valence electrons. The Bertz CT molecular complexity index is 927. The van der Waals surface area contributed by atoms with Gasteiger partial charge in [-0.3, -0.25) is 4.79 Å². The second kappa shape index (κ2) is 6.87. The van der Waals surface area contributed by atoms with Crippen LogP contribution in [0.15, 0.2) is 30.3 Å². The lowest BCUT2D eigenvalue weighted by Crippen LogP contribution is -2.45. The van der Waals surface area contributed by atoms with Gasteiger partial charge in [0.1, 0.15) is 0 Å². The second-order valence-electron chi connectivity index (χ2n) is 7.56. The molecule has 2 aliphatic heterocycles. The first-order valence-corrected chi connectivity index (χ1v) is 9.85. The molecule has 5 heteroatoms. The summed E-state index contributed by atoms with van der Waals surface area (Å²) in [5, 5.41) is 0.946. The Balaban J connectivity index is 1.96. The van der Waals surface area contributed by atoms with Crippen molar-refractivity contribution in [3.63, 3.8) is 0 Å². The highest BCUT2D eigenvalue weighted by molar-refractivity contribution is 5.98. The molecule has 0 N–H and O–H groups in total. The molecule has 4 rings (SSSR count). The minimum absolute atomic E-state index is 0.0224. The van der Waals surface area contributed by atoms with Crippen molar-refractivity contribution in [2.45, 2.75) is 39.5 Å². The first-order chi connectivity index (χ1) is 13.1. The van der Waals surface area contributed by atoms with Crippen molar-refractivity contribution in [2.24, 2.45) is 5.41 Å². The average molecular weight is 366 g/mol. The molecule has 0 saturated carbocycles. The summed E-state index contributed by atoms with van der Waals surface area (Å²) in [4.78, 5) is 27.8. The van der Waals surface area contributed by atoms with Gasteiger partial charge in [-0.15, -0.1) is 0 Å². The van der Waals surface area contributed by atoms with Gasteiger partial charge in [0.2, 0.25) is 5.91 Å². The zero-order valence-corrected chi connectivity index (χ0v) is 16.0. The van der Waals surface area contributed by atoms with Crippen molar-refractivity contribution >= 4 is 29.0 Å². The van der Waals surface area contributed by atoms with Crippen LogP contribution in [0, 0.1) is 5.41 Å². The number of para-hydroxylation sites is 1. The Morgan fingerprint density at radius 3 is 2.85 bits per heavy atom. The van der Waals surface area contributed by atoms with Crippen molar-refractivity contribution in [1.82, 2.24) is 9.47 Å². The molecule has 2 aliphatic rings. The number of fused-ring (bicyclic) bond motifs is 5. The van der Waals surface area contributed by atoms with Gasteiger partial charge in [0.25, 0.3) is 0 Å². The fourth-order valence-corrected chi connectivity index (χ4v) is 4.51. The van der Waals surface area contributed by atoms with E-state index >= 15 is 0 Å². The lowest BCUT2D eigenvalue weighted by atomic mass is 9.77. The molecule has 1 atom stereocenters. The smallest absolute Gasteiger partial charge is 0.418 e. The molecule has 1 aromatic carbocycles. The number of benzene rings is 1. The van der Waals surface area contributed by atoms with Crippen LogP contribution in [0.3, 0.4) is 0 Å². The minimum atomic E-state index is -0.389. The quantitative estimate of drug-likeness (QED) is 0.799. The van der Waals surface area contributed by atoms with E-state index in [4.69, 9.17) is 4.74 Å². The van der Waals surface area contributed by atoms with Crippen LogP contribution in [0.5, 0.6) is 0 Å². The molecule has 0 spiro atoms. The van der Waals surface area contributed by atoms with Gasteiger partial charge in [-0.2, -0.15) is 0 Å². The van der Waals surface area contributed by atoms with E-state index in [1.807, 2.05) is 29.2 Å². The van der Waals surface area contributed by atoms with Crippen molar-refractivity contribution < 1.29 is 14.3 Å². The second-order valence-corrected chi connectivity index (χ2v) is 7.56. The van der Waals surface area contributed by atoms with E-state index in [1.54, 1.807) is 11.5 Å². The zero-order chi connectivity index (χ0) is 19.0. The lowest BCUT2D eigenvalue weighted by molar-refractivity contribution is -0.133. The highest BCUT2D eigenvalue weighted by atomic mass is 16.5. The third-order valence-electron chi connectivity index (χ3n) is 6.06. The first kappa shape index (κ1) is 17.8. The van der Waals surface area contributed by atoms with E-state index < -0.39 is 0 Å². The number of carbonyl (C=O) groups excluding carboxylic acids is 2. The number of rotatable bonds is 2. The molecule has 5 nitrogen and oxygen atoms in total. The normalized spacial score (nSPS) is 23.3. The van der Waals surface area contributed by atoms with Crippen LogP contribution in [0.4, 0.5) is 4.79 Å². The van der Waals surface area contributed by atoms with Crippen LogP contribution in [-0.2, 0) is 16.0 Å². The first-order valence-electron chi connectivity index (χ1n) is 9.85. The van der Waals surface area contributed by atoms with Crippen molar-refractivity contribution in [3.8, 4) is 0 Å². The molecule has 3 heterocycles. The predicted molar refractivity (Wildman–Crippen MR) is 106 cm³/mol. The molecule has 2 aromatic rings. The maximum Gasteiger partial charge on any atom is 0.418 e. The summed E-state index contributed by atoms with van der Waals surface area (Å²) < 4.78 is 6.95. The van der Waals surface area contributed by atoms with Gasteiger partial charge in [0, 0.05) is 23.9 Å². The van der Waals surface area contributed by atoms with Gasteiger partial charge in [0.15, 0.2) is 0 Å². The monoisotopic (exact) mass is 366 g/mol. The molecule has 1 saturated heterocycles. The van der Waals surface area contributed by atoms with Gasteiger partial charge in [-0.05, 0) is 43.9 Å². The number of piperidine rings is 1. The largest absolute Gasteiger partial charge is 0.449 e. The van der Waals surface area contributed by atoms with Crippen LogP contribution in [0.2, 0.25) is 0 Å². The van der Waals surface area contributed by atoms with Gasteiger partial charge in [-0.1, -0.05) is 31.2 Å². The predicted octanol–water partition coefficient (Wildman–Crippen LogP) is 4.23. The molecule has 2 bridgehead atoms. The summed E-state index contributed by atoms with van der Waals surface area (Å²) >= 11 is 0. The minimum Gasteiger partial charge on any atom is -0.449 e. The Kier molecular flexibility index (Phi) is 4.54. The van der Waals surface area contributed by atoms with Crippen LogP contribution >= 0.6 is 0 Å². The summed E-state index contributed by atoms with van der Waals surface area (Å²) in [5.74, 6) is 0.143. The maximum atomic E-state index is 13.1. The van der Waals surface area contributed by atoms with Crippen LogP contribution in [0.25, 0.3) is 17.0 Å². The Labute approximate surface area is 159 Å². The van der Waals surface area contributed by atoms with Crippen molar-refractivity contribution in [3.05, 3.63) is 41.6 Å². The lowest BCUT2D eigenvalue weighted by Gasteiger charge is -2.40. The van der Waals surface area contributed by atoms with Crippen LogP contribution in [-0.4, -0.2) is 41.2 Å². The topological polar surface area (TPSA) is 51.5 Å². The maximum absolute atomic E-state index is 13.1. The summed E-state index contributed by atoms with van der Waals surface area (Å²) in [6.45, 7) is 5.88. The van der Waals surface area contributed by atoms with Gasteiger partial charge < -0.3 is 9.64 Å². The number of aromatic nitrogens is 1. The third-order valence-corrected chi connectivity index (χ3v) is 6.06. The number of nitrogens with zero attached hydrogens (tertiary/aromatic N) is 2. The molecule has 27 heavy (non-hydrogen) atoms. The zero-order valence-electron chi connectivity index (χ0n) is 16.0. The van der Waals surface area contributed by atoms with Crippen LogP contribution < -0.4 is 0 Å². The number of carbonyl (C=O) groups is 2. The van der Waals surface area contributed by atoms with Crippen LogP contribution in [0.1, 0.15) is 44.4 Å². The highest BCUT2D eigenvalue weighted by Gasteiger charge is 2.36. The van der Waals surface area contributed by atoms with E-state index in [9.17, 15) is 9.59 Å². The van der Waals surface area contributed by atoms with E-state index in [-0.39, 0.29) is 17.4 Å². The average Bonchev–Trinajstić information content (AvgIpc) is 3.01. The number of ether oxygens (including phenoxy) is 1. The molecule has 0 aliphatic carbocycles. The SMILES string of the molecule is CCOC(=O)n1c2c(c3ccccc31)CC(=O)N1CCCC(CC)(/C=C\2)C1. The molecule has 1 unspecified atom stereocenters. The summed E-state index contributed by atoms with van der Waals surface area (Å²) in [7, 11) is 0. The number of hydrogen-bond donors (Lipinski definition) is 0. The Morgan fingerprint density at radius 1 is 1.26 bits per heavy atom. The number of hydrogen-bond acceptors (Lipinski definition) is 3. The van der Waals surface area contributed by atoms with E-state index in [0.29, 0.717) is 13.0 Å². The molecule has 1 amide bonds. The molecule has 0 radical (unpaired) electrons. The van der Waals surface area contributed by atoms with Crippen molar-refractivity contribution in [2.75, 3.05) is 19.7 Å². The van der Waals surface area contributed by atoms with Gasteiger partial charge >= 0.3 is 6.09 Å². The van der Waals surface area contributed by atoms with E-state index in [0.717, 1.165) is 54.5 Å². The summed E-state index contributed by atoms with van der Waals surface area (Å²) in [6.07, 6.45) is 7.27. The molecular weight excluding hydrogens is 340 g/mol. The molecular formula is C22H26N2O3. The van der Waals surface area contributed by atoms with Gasteiger partial charge in [-0.25, -0.2) is 9.36 Å². The number of amides is 1. The fraction of sp³-hybridized carbons (Fsp3) is 0.455. The van der Waals surface area contributed by atoms with E-state index in [1.165, 1.54) is 0 Å². The van der Waals surface area contributed by atoms with E-state index in [2.05, 4.69) is 19.1 Å². The summed E-state index contributed by atoms with van der Waals surface area (Å²) in [6, 6.07) is 7.76. The Morgan fingerprint density at radius 2 is 2.07 bits per heavy atom. The third kappa shape index (κ3) is 2.95. The molecule has 1 fully saturated rings. The van der Waals surface area contributed by atoms with Gasteiger partial charge in [0.05, 0.1) is 24.2 Å². The fourth-order valence-electron chi connectivity index (χ4n) is 4.51.